The van der Waals surface area contributed by atoms with Crippen LogP contribution in [0.15, 0.2) is 48.5 Å². The van der Waals surface area contributed by atoms with Crippen molar-refractivity contribution in [3.05, 3.63) is 65.5 Å². The standard InChI is InChI=1S/C34H43F2N5O2/c1-43-32(42)38-31-8-3-7-30(31)34(24-39-15-4-16-39,27-5-2-6-28(35)19-27)26-13-17-40(18-14-26)21-33(36)22-41(23-33)29-11-9-25(20-37)10-12-29/h2,5-6,9-12,19,26,30-31H,3-4,7-8,13-18,21-24H2,1H3,(H,38,42)/t30-,31-,34-/m0/s1. The van der Waals surface area contributed by atoms with Crippen molar-refractivity contribution >= 4 is 11.8 Å². The molecule has 4 fully saturated rings. The van der Waals surface area contributed by atoms with Crippen molar-refractivity contribution in [2.75, 3.05) is 64.4 Å². The van der Waals surface area contributed by atoms with Gasteiger partial charge < -0.3 is 19.9 Å². The number of piperidine rings is 1. The van der Waals surface area contributed by atoms with E-state index < -0.39 is 11.8 Å². The monoisotopic (exact) mass is 591 g/mol. The first-order chi connectivity index (χ1) is 20.8. The van der Waals surface area contributed by atoms with Gasteiger partial charge in [-0.25, -0.2) is 13.6 Å². The zero-order valence-electron chi connectivity index (χ0n) is 25.1. The van der Waals surface area contributed by atoms with Gasteiger partial charge in [0, 0.05) is 30.2 Å². The molecule has 3 aliphatic heterocycles. The molecule has 1 N–H and O–H groups in total. The fourth-order valence-corrected chi connectivity index (χ4v) is 8.41. The highest BCUT2D eigenvalue weighted by atomic mass is 19.1. The van der Waals surface area contributed by atoms with Crippen LogP contribution in [-0.4, -0.2) is 87.1 Å². The first-order valence-electron chi connectivity index (χ1n) is 15.8. The van der Waals surface area contributed by atoms with Gasteiger partial charge in [-0.2, -0.15) is 5.26 Å². The van der Waals surface area contributed by atoms with Crippen molar-refractivity contribution in [2.24, 2.45) is 11.8 Å². The number of anilines is 1. The van der Waals surface area contributed by atoms with Crippen molar-refractivity contribution in [1.29, 1.82) is 5.26 Å². The maximum atomic E-state index is 15.9. The summed E-state index contributed by atoms with van der Waals surface area (Å²) < 4.78 is 35.7. The second-order valence-electron chi connectivity index (χ2n) is 13.2. The van der Waals surface area contributed by atoms with Gasteiger partial charge in [0.05, 0.1) is 31.8 Å². The summed E-state index contributed by atoms with van der Waals surface area (Å²) in [6.07, 6.45) is 5.43. The minimum atomic E-state index is -1.26. The molecule has 0 radical (unpaired) electrons. The van der Waals surface area contributed by atoms with E-state index >= 15 is 4.39 Å². The summed E-state index contributed by atoms with van der Waals surface area (Å²) >= 11 is 0. The smallest absolute Gasteiger partial charge is 0.407 e. The Morgan fingerprint density at radius 3 is 2.42 bits per heavy atom. The number of rotatable bonds is 9. The Morgan fingerprint density at radius 1 is 1.05 bits per heavy atom. The molecular weight excluding hydrogens is 548 g/mol. The van der Waals surface area contributed by atoms with E-state index in [1.165, 1.54) is 19.6 Å². The normalized spacial score (nSPS) is 25.7. The third kappa shape index (κ3) is 6.09. The second-order valence-corrected chi connectivity index (χ2v) is 13.2. The molecule has 4 aliphatic rings. The summed E-state index contributed by atoms with van der Waals surface area (Å²) in [6, 6.07) is 16.6. The maximum Gasteiger partial charge on any atom is 0.407 e. The number of carbonyl (C=O) groups excluding carboxylic acids is 1. The molecule has 0 unspecified atom stereocenters. The van der Waals surface area contributed by atoms with E-state index in [0.29, 0.717) is 25.2 Å². The van der Waals surface area contributed by atoms with Crippen molar-refractivity contribution in [2.45, 2.75) is 55.7 Å². The number of hydrogen-bond acceptors (Lipinski definition) is 6. The molecule has 230 valence electrons. The van der Waals surface area contributed by atoms with Crippen molar-refractivity contribution in [3.8, 4) is 6.07 Å². The molecule has 1 aliphatic carbocycles. The Hall–Kier alpha value is -3.22. The molecule has 3 atom stereocenters. The fraction of sp³-hybridized carbons (Fsp3) is 0.588. The van der Waals surface area contributed by atoms with E-state index in [1.807, 2.05) is 23.1 Å². The van der Waals surface area contributed by atoms with Crippen LogP contribution in [0.4, 0.5) is 19.3 Å². The number of nitriles is 1. The minimum absolute atomic E-state index is 0.0349. The molecule has 1 saturated carbocycles. The lowest BCUT2D eigenvalue weighted by Crippen LogP contribution is -2.65. The zero-order valence-corrected chi connectivity index (χ0v) is 25.1. The van der Waals surface area contributed by atoms with E-state index in [2.05, 4.69) is 27.3 Å². The van der Waals surface area contributed by atoms with Crippen LogP contribution in [0, 0.1) is 29.0 Å². The largest absolute Gasteiger partial charge is 0.453 e. The van der Waals surface area contributed by atoms with E-state index in [-0.39, 0.29) is 29.1 Å². The average molecular weight is 592 g/mol. The van der Waals surface area contributed by atoms with Gasteiger partial charge in [-0.1, -0.05) is 18.6 Å². The average Bonchev–Trinajstić information content (AvgIpc) is 3.44. The Balaban J connectivity index is 1.19. The van der Waals surface area contributed by atoms with E-state index in [4.69, 9.17) is 10.00 Å². The van der Waals surface area contributed by atoms with Crippen LogP contribution in [0.1, 0.15) is 49.7 Å². The maximum absolute atomic E-state index is 15.9. The number of alkyl halides is 1. The lowest BCUT2D eigenvalue weighted by atomic mass is 9.57. The molecule has 0 aromatic heterocycles. The molecule has 6 rings (SSSR count). The van der Waals surface area contributed by atoms with Crippen LogP contribution in [0.2, 0.25) is 0 Å². The third-order valence-electron chi connectivity index (χ3n) is 10.6. The van der Waals surface area contributed by atoms with Gasteiger partial charge in [-0.15, -0.1) is 0 Å². The number of alkyl carbamates (subject to hydrolysis) is 1. The minimum Gasteiger partial charge on any atom is -0.453 e. The molecule has 0 spiro atoms. The van der Waals surface area contributed by atoms with Gasteiger partial charge in [-0.3, -0.25) is 4.90 Å². The van der Waals surface area contributed by atoms with Crippen LogP contribution in [0.25, 0.3) is 0 Å². The summed E-state index contributed by atoms with van der Waals surface area (Å²) in [7, 11) is 1.40. The molecule has 43 heavy (non-hydrogen) atoms. The second kappa shape index (κ2) is 12.4. The van der Waals surface area contributed by atoms with Gasteiger partial charge in [0.2, 0.25) is 0 Å². The molecule has 0 bridgehead atoms. The number of amides is 1. The molecule has 2 aromatic rings. The molecular formula is C34H43F2N5O2. The number of nitrogens with zero attached hydrogens (tertiary/aromatic N) is 4. The highest BCUT2D eigenvalue weighted by Gasteiger charge is 2.53. The van der Waals surface area contributed by atoms with Gasteiger partial charge in [-0.05, 0) is 112 Å². The molecule has 2 aromatic carbocycles. The van der Waals surface area contributed by atoms with Crippen LogP contribution in [-0.2, 0) is 10.2 Å². The van der Waals surface area contributed by atoms with Crippen molar-refractivity contribution < 1.29 is 18.3 Å². The summed E-state index contributed by atoms with van der Waals surface area (Å²) in [5.74, 6) is 0.212. The number of nitrogens with one attached hydrogen (secondary N) is 1. The Kier molecular flexibility index (Phi) is 8.61. The van der Waals surface area contributed by atoms with Crippen LogP contribution in [0.5, 0.6) is 0 Å². The lowest BCUT2D eigenvalue weighted by molar-refractivity contribution is 0.00584. The summed E-state index contributed by atoms with van der Waals surface area (Å²) in [6.45, 7) is 5.63. The number of ether oxygens (including phenoxy) is 1. The van der Waals surface area contributed by atoms with Crippen molar-refractivity contribution in [1.82, 2.24) is 15.1 Å². The number of likely N-dealkylation sites (tertiary alicyclic amines) is 2. The lowest BCUT2D eigenvalue weighted by Gasteiger charge is -2.54. The topological polar surface area (TPSA) is 71.8 Å². The zero-order chi connectivity index (χ0) is 30.0. The SMILES string of the molecule is COC(=O)N[C@H]1CCC[C@@H]1[C@](CN1CCC1)(c1cccc(F)c1)C1CCN(CC2(F)CN(c3ccc(C#N)cc3)C2)CC1. The quantitative estimate of drug-likeness (QED) is 0.437. The molecule has 1 amide bonds. The van der Waals surface area contributed by atoms with Crippen LogP contribution < -0.4 is 10.2 Å². The van der Waals surface area contributed by atoms with E-state index in [0.717, 1.165) is 76.1 Å². The summed E-state index contributed by atoms with van der Waals surface area (Å²) in [5, 5.41) is 12.2. The van der Waals surface area contributed by atoms with Crippen molar-refractivity contribution in [3.63, 3.8) is 0 Å². The van der Waals surface area contributed by atoms with Gasteiger partial charge in [0.1, 0.15) is 5.82 Å². The van der Waals surface area contributed by atoms with Crippen LogP contribution >= 0.6 is 0 Å². The summed E-state index contributed by atoms with van der Waals surface area (Å²) in [5.41, 5.74) is 0.988. The Morgan fingerprint density at radius 2 is 1.79 bits per heavy atom. The third-order valence-corrected chi connectivity index (χ3v) is 10.6. The molecule has 7 nitrogen and oxygen atoms in total. The molecule has 9 heteroatoms. The van der Waals surface area contributed by atoms with Crippen LogP contribution in [0.3, 0.4) is 0 Å². The number of methoxy groups -OCH3 is 1. The van der Waals surface area contributed by atoms with E-state index in [9.17, 15) is 9.18 Å². The predicted octanol–water partition coefficient (Wildman–Crippen LogP) is 5.11. The fourth-order valence-electron chi connectivity index (χ4n) is 8.41. The van der Waals surface area contributed by atoms with Gasteiger partial charge in [0.25, 0.3) is 0 Å². The Labute approximate surface area is 253 Å². The Bertz CT molecular complexity index is 1310. The number of hydrogen-bond donors (Lipinski definition) is 1. The number of carbonyl (C=O) groups is 1. The molecule has 3 saturated heterocycles. The van der Waals surface area contributed by atoms with E-state index in [1.54, 1.807) is 18.2 Å². The number of halogens is 2. The molecule has 3 heterocycles. The first-order valence-corrected chi connectivity index (χ1v) is 15.8. The predicted molar refractivity (Wildman–Crippen MR) is 162 cm³/mol. The highest BCUT2D eigenvalue weighted by molar-refractivity contribution is 5.67. The van der Waals surface area contributed by atoms with Gasteiger partial charge in [0.15, 0.2) is 5.67 Å². The van der Waals surface area contributed by atoms with Gasteiger partial charge >= 0.3 is 6.09 Å². The highest BCUT2D eigenvalue weighted by Crippen LogP contribution is 2.51. The first kappa shape index (κ1) is 29.8. The number of benzene rings is 2. The summed E-state index contributed by atoms with van der Waals surface area (Å²) in [4.78, 5) is 19.2.